The molecule has 0 aliphatic heterocycles. The molecular formula is C16H18N2O2. The molecule has 1 N–H and O–H groups in total. The van der Waals surface area contributed by atoms with Crippen LogP contribution in [0.5, 0.6) is 5.75 Å². The summed E-state index contributed by atoms with van der Waals surface area (Å²) in [6, 6.07) is 9.69. The lowest BCUT2D eigenvalue weighted by Crippen LogP contribution is -2.33. The van der Waals surface area contributed by atoms with Gasteiger partial charge in [0.05, 0.1) is 12.6 Å². The number of carbonyl (C=O) groups excluding carboxylic acids is 1. The van der Waals surface area contributed by atoms with Crippen LogP contribution >= 0.6 is 0 Å². The van der Waals surface area contributed by atoms with Crippen LogP contribution in [-0.4, -0.2) is 24.0 Å². The number of methoxy groups -OCH3 is 1. The smallest absolute Gasteiger partial charge is 0.270 e. The largest absolute Gasteiger partial charge is 0.496 e. The van der Waals surface area contributed by atoms with Crippen LogP contribution in [0.3, 0.4) is 0 Å². The molecule has 0 saturated heterocycles. The van der Waals surface area contributed by atoms with E-state index in [0.717, 1.165) is 23.7 Å². The highest BCUT2D eigenvalue weighted by molar-refractivity contribution is 5.97. The summed E-state index contributed by atoms with van der Waals surface area (Å²) in [6.45, 7) is 0. The van der Waals surface area contributed by atoms with Crippen molar-refractivity contribution in [1.82, 2.24) is 10.3 Å². The van der Waals surface area contributed by atoms with Crippen LogP contribution in [0, 0.1) is 0 Å². The molecule has 1 aromatic heterocycles. The van der Waals surface area contributed by atoms with E-state index >= 15 is 0 Å². The number of pyridine rings is 1. The number of ether oxygens (including phenoxy) is 1. The fourth-order valence-corrected chi connectivity index (χ4v) is 2.76. The highest BCUT2D eigenvalue weighted by Gasteiger charge is 2.19. The second kappa shape index (κ2) is 5.49. The Bertz CT molecular complexity index is 633. The van der Waals surface area contributed by atoms with Crippen molar-refractivity contribution < 1.29 is 9.53 Å². The summed E-state index contributed by atoms with van der Waals surface area (Å²) in [5, 5.41) is 3.98. The predicted octanol–water partition coefficient (Wildman–Crippen LogP) is 2.92. The van der Waals surface area contributed by atoms with Gasteiger partial charge in [-0.15, -0.1) is 0 Å². The van der Waals surface area contributed by atoms with Crippen molar-refractivity contribution in [2.45, 2.75) is 31.7 Å². The molecule has 0 radical (unpaired) electrons. The van der Waals surface area contributed by atoms with E-state index in [9.17, 15) is 4.79 Å². The van der Waals surface area contributed by atoms with Gasteiger partial charge in [-0.05, 0) is 25.0 Å². The normalized spacial score (nSPS) is 15.4. The standard InChI is InChI=1S/C16H18N2O2/c1-20-15-10-14(16(19)17-11-6-2-3-7-11)18-13-9-5-4-8-12(13)15/h4-5,8-11H,2-3,6-7H2,1H3,(H,17,19). The SMILES string of the molecule is COc1cc(C(=O)NC2CCCC2)nc2ccccc12. The number of amides is 1. The van der Waals surface area contributed by atoms with E-state index < -0.39 is 0 Å². The van der Waals surface area contributed by atoms with Crippen LogP contribution in [0.25, 0.3) is 10.9 Å². The van der Waals surface area contributed by atoms with Crippen LogP contribution in [0.4, 0.5) is 0 Å². The van der Waals surface area contributed by atoms with Crippen LogP contribution in [-0.2, 0) is 0 Å². The van der Waals surface area contributed by atoms with Crippen LogP contribution < -0.4 is 10.1 Å². The molecular weight excluding hydrogens is 252 g/mol. The van der Waals surface area contributed by atoms with Gasteiger partial charge >= 0.3 is 0 Å². The molecule has 1 saturated carbocycles. The lowest BCUT2D eigenvalue weighted by molar-refractivity contribution is 0.0933. The zero-order valence-corrected chi connectivity index (χ0v) is 11.6. The van der Waals surface area contributed by atoms with E-state index in [4.69, 9.17) is 4.74 Å². The number of hydrogen-bond donors (Lipinski definition) is 1. The summed E-state index contributed by atoms with van der Waals surface area (Å²) in [4.78, 5) is 16.7. The first-order valence-corrected chi connectivity index (χ1v) is 7.02. The van der Waals surface area contributed by atoms with Crippen molar-refractivity contribution in [2.75, 3.05) is 7.11 Å². The number of aromatic nitrogens is 1. The third kappa shape index (κ3) is 2.46. The average Bonchev–Trinajstić information content (AvgIpc) is 2.99. The number of fused-ring (bicyclic) bond motifs is 1. The van der Waals surface area contributed by atoms with Crippen molar-refractivity contribution in [3.63, 3.8) is 0 Å². The minimum Gasteiger partial charge on any atom is -0.496 e. The summed E-state index contributed by atoms with van der Waals surface area (Å²) < 4.78 is 5.37. The molecule has 0 spiro atoms. The predicted molar refractivity (Wildman–Crippen MR) is 78.0 cm³/mol. The van der Waals surface area contributed by atoms with Gasteiger partial charge < -0.3 is 10.1 Å². The number of para-hydroxylation sites is 1. The van der Waals surface area contributed by atoms with Gasteiger partial charge in [0.15, 0.2) is 0 Å². The van der Waals surface area contributed by atoms with Crippen molar-refractivity contribution in [3.05, 3.63) is 36.0 Å². The Kier molecular flexibility index (Phi) is 3.54. The Labute approximate surface area is 118 Å². The molecule has 4 nitrogen and oxygen atoms in total. The lowest BCUT2D eigenvalue weighted by atomic mass is 10.1. The lowest BCUT2D eigenvalue weighted by Gasteiger charge is -2.13. The minimum atomic E-state index is -0.110. The van der Waals surface area contributed by atoms with Gasteiger partial charge in [0.2, 0.25) is 0 Å². The summed E-state index contributed by atoms with van der Waals surface area (Å²) >= 11 is 0. The molecule has 1 amide bonds. The van der Waals surface area contributed by atoms with E-state index in [2.05, 4.69) is 10.3 Å². The number of hydrogen-bond acceptors (Lipinski definition) is 3. The van der Waals surface area contributed by atoms with Crippen LogP contribution in [0.15, 0.2) is 30.3 Å². The zero-order chi connectivity index (χ0) is 13.9. The van der Waals surface area contributed by atoms with Crippen molar-refractivity contribution in [3.8, 4) is 5.75 Å². The quantitative estimate of drug-likeness (QED) is 0.933. The van der Waals surface area contributed by atoms with Crippen molar-refractivity contribution in [2.24, 2.45) is 0 Å². The van der Waals surface area contributed by atoms with Gasteiger partial charge in [0, 0.05) is 17.5 Å². The second-order valence-electron chi connectivity index (χ2n) is 5.18. The van der Waals surface area contributed by atoms with E-state index in [-0.39, 0.29) is 5.91 Å². The van der Waals surface area contributed by atoms with Gasteiger partial charge in [0.25, 0.3) is 5.91 Å². The average molecular weight is 270 g/mol. The van der Waals surface area contributed by atoms with Crippen LogP contribution in [0.2, 0.25) is 0 Å². The third-order valence-corrected chi connectivity index (χ3v) is 3.82. The Morgan fingerprint density at radius 1 is 1.30 bits per heavy atom. The first kappa shape index (κ1) is 12.9. The fourth-order valence-electron chi connectivity index (χ4n) is 2.76. The Morgan fingerprint density at radius 3 is 2.80 bits per heavy atom. The Morgan fingerprint density at radius 2 is 2.05 bits per heavy atom. The third-order valence-electron chi connectivity index (χ3n) is 3.82. The number of nitrogens with zero attached hydrogens (tertiary/aromatic N) is 1. The van der Waals surface area contributed by atoms with E-state index in [0.29, 0.717) is 17.5 Å². The first-order valence-electron chi connectivity index (χ1n) is 7.02. The second-order valence-corrected chi connectivity index (χ2v) is 5.18. The maximum Gasteiger partial charge on any atom is 0.270 e. The maximum absolute atomic E-state index is 12.3. The monoisotopic (exact) mass is 270 g/mol. The molecule has 0 unspecified atom stereocenters. The van der Waals surface area contributed by atoms with Crippen molar-refractivity contribution in [1.29, 1.82) is 0 Å². The number of rotatable bonds is 3. The molecule has 20 heavy (non-hydrogen) atoms. The molecule has 104 valence electrons. The summed E-state index contributed by atoms with van der Waals surface area (Å²) in [5.41, 5.74) is 1.20. The number of carbonyl (C=O) groups is 1. The maximum atomic E-state index is 12.3. The summed E-state index contributed by atoms with van der Waals surface area (Å²) in [7, 11) is 1.61. The molecule has 1 heterocycles. The fraction of sp³-hybridized carbons (Fsp3) is 0.375. The zero-order valence-electron chi connectivity index (χ0n) is 11.6. The van der Waals surface area contributed by atoms with E-state index in [1.54, 1.807) is 13.2 Å². The topological polar surface area (TPSA) is 51.2 Å². The molecule has 0 bridgehead atoms. The number of nitrogens with one attached hydrogen (secondary N) is 1. The Hall–Kier alpha value is -2.10. The molecule has 1 aliphatic carbocycles. The van der Waals surface area contributed by atoms with E-state index in [1.165, 1.54) is 12.8 Å². The minimum absolute atomic E-state index is 0.110. The molecule has 2 aromatic rings. The summed E-state index contributed by atoms with van der Waals surface area (Å²) in [6.07, 6.45) is 4.52. The highest BCUT2D eigenvalue weighted by atomic mass is 16.5. The van der Waals surface area contributed by atoms with Gasteiger partial charge in [0.1, 0.15) is 11.4 Å². The number of benzene rings is 1. The van der Waals surface area contributed by atoms with Gasteiger partial charge in [-0.1, -0.05) is 25.0 Å². The Balaban J connectivity index is 1.92. The molecule has 1 fully saturated rings. The molecule has 1 aromatic carbocycles. The van der Waals surface area contributed by atoms with Crippen molar-refractivity contribution >= 4 is 16.8 Å². The first-order chi connectivity index (χ1) is 9.78. The molecule has 1 aliphatic rings. The van der Waals surface area contributed by atoms with Gasteiger partial charge in [-0.25, -0.2) is 4.98 Å². The molecule has 4 heteroatoms. The van der Waals surface area contributed by atoms with E-state index in [1.807, 2.05) is 24.3 Å². The molecule has 0 atom stereocenters. The summed E-state index contributed by atoms with van der Waals surface area (Å²) in [5.74, 6) is 0.577. The van der Waals surface area contributed by atoms with Gasteiger partial charge in [-0.3, -0.25) is 4.79 Å². The van der Waals surface area contributed by atoms with Gasteiger partial charge in [-0.2, -0.15) is 0 Å². The molecule has 3 rings (SSSR count). The highest BCUT2D eigenvalue weighted by Crippen LogP contribution is 2.25. The van der Waals surface area contributed by atoms with Crippen LogP contribution in [0.1, 0.15) is 36.2 Å².